The van der Waals surface area contributed by atoms with Crippen molar-refractivity contribution in [3.8, 4) is 11.5 Å². The van der Waals surface area contributed by atoms with Gasteiger partial charge < -0.3 is 14.8 Å². The van der Waals surface area contributed by atoms with E-state index in [1.165, 1.54) is 5.56 Å². The summed E-state index contributed by atoms with van der Waals surface area (Å²) in [5.74, 6) is 1.24. The number of nitrogens with zero attached hydrogens (tertiary/aromatic N) is 1. The molecule has 0 atom stereocenters. The highest BCUT2D eigenvalue weighted by molar-refractivity contribution is 6.05. The lowest BCUT2D eigenvalue weighted by Crippen LogP contribution is -2.23. The van der Waals surface area contributed by atoms with Crippen LogP contribution in [0, 0.1) is 0 Å². The second-order valence-corrected chi connectivity index (χ2v) is 6.48. The molecule has 6 nitrogen and oxygen atoms in total. The van der Waals surface area contributed by atoms with Crippen molar-refractivity contribution in [2.24, 2.45) is 0 Å². The fraction of sp³-hybridized carbons (Fsp3) is 0.182. The summed E-state index contributed by atoms with van der Waals surface area (Å²) in [6, 6.07) is 9.67. The van der Waals surface area contributed by atoms with Crippen LogP contribution in [0.4, 0.5) is 0 Å². The predicted octanol–water partition coefficient (Wildman–Crippen LogP) is 3.59. The molecule has 2 heterocycles. The number of carbonyl (C=O) groups excluding carboxylic acids is 1. The number of aromatic amines is 1. The number of hydrogen-bond donors (Lipinski definition) is 2. The minimum absolute atomic E-state index is 0.214. The molecular formula is C22H21N3O3. The molecule has 0 fully saturated rings. The van der Waals surface area contributed by atoms with Crippen LogP contribution in [-0.4, -0.2) is 36.4 Å². The van der Waals surface area contributed by atoms with E-state index in [0.717, 1.165) is 40.9 Å². The smallest absolute Gasteiger partial charge is 0.255 e. The van der Waals surface area contributed by atoms with Crippen molar-refractivity contribution >= 4 is 29.0 Å². The van der Waals surface area contributed by atoms with Gasteiger partial charge in [-0.25, -0.2) is 0 Å². The summed E-state index contributed by atoms with van der Waals surface area (Å²) < 4.78 is 11.1. The Balaban J connectivity index is 1.71. The highest BCUT2D eigenvalue weighted by atomic mass is 16.5. The van der Waals surface area contributed by atoms with E-state index in [2.05, 4.69) is 28.2 Å². The number of fused-ring (bicyclic) bond motifs is 2. The number of rotatable bonds is 6. The maximum atomic E-state index is 12.4. The van der Waals surface area contributed by atoms with Crippen molar-refractivity contribution in [3.05, 3.63) is 65.4 Å². The molecule has 0 saturated carbocycles. The molecule has 0 saturated heterocycles. The Kier molecular flexibility index (Phi) is 4.85. The number of H-pyrrole nitrogens is 1. The maximum Gasteiger partial charge on any atom is 0.255 e. The minimum atomic E-state index is -0.214. The SMILES string of the molecule is C=CCNC(=O)c1ccc2n[nH]c(/C=C/c3ccc4c(c3)CCO4)c2c1OC. The van der Waals surface area contributed by atoms with Crippen LogP contribution in [0.2, 0.25) is 0 Å². The van der Waals surface area contributed by atoms with Crippen molar-refractivity contribution in [1.29, 1.82) is 0 Å². The third-order valence-electron chi connectivity index (χ3n) is 4.71. The number of benzene rings is 2. The topological polar surface area (TPSA) is 76.2 Å². The van der Waals surface area contributed by atoms with Crippen molar-refractivity contribution in [2.75, 3.05) is 20.3 Å². The van der Waals surface area contributed by atoms with Crippen molar-refractivity contribution in [3.63, 3.8) is 0 Å². The number of ether oxygens (including phenoxy) is 2. The van der Waals surface area contributed by atoms with E-state index in [-0.39, 0.29) is 5.91 Å². The number of aromatic nitrogens is 2. The Labute approximate surface area is 162 Å². The van der Waals surface area contributed by atoms with Gasteiger partial charge in [-0.15, -0.1) is 6.58 Å². The van der Waals surface area contributed by atoms with Crippen LogP contribution < -0.4 is 14.8 Å². The molecule has 0 bridgehead atoms. The molecule has 1 aromatic heterocycles. The maximum absolute atomic E-state index is 12.4. The molecule has 1 aliphatic heterocycles. The number of hydrogen-bond acceptors (Lipinski definition) is 4. The number of methoxy groups -OCH3 is 1. The lowest BCUT2D eigenvalue weighted by Gasteiger charge is -2.09. The van der Waals surface area contributed by atoms with Crippen molar-refractivity contribution < 1.29 is 14.3 Å². The van der Waals surface area contributed by atoms with Gasteiger partial charge in [0.05, 0.1) is 35.9 Å². The summed E-state index contributed by atoms with van der Waals surface area (Å²) in [7, 11) is 1.56. The Hall–Kier alpha value is -3.54. The highest BCUT2D eigenvalue weighted by Crippen LogP contribution is 2.32. The van der Waals surface area contributed by atoms with Gasteiger partial charge in [-0.05, 0) is 41.5 Å². The predicted molar refractivity (Wildman–Crippen MR) is 110 cm³/mol. The summed E-state index contributed by atoms with van der Waals surface area (Å²) >= 11 is 0. The Morgan fingerprint density at radius 3 is 3.07 bits per heavy atom. The van der Waals surface area contributed by atoms with Crippen molar-refractivity contribution in [2.45, 2.75) is 6.42 Å². The van der Waals surface area contributed by atoms with E-state index < -0.39 is 0 Å². The normalized spacial score (nSPS) is 12.8. The Bertz CT molecular complexity index is 1080. The molecule has 1 aliphatic rings. The van der Waals surface area contributed by atoms with E-state index in [1.807, 2.05) is 24.3 Å². The molecule has 142 valence electrons. The van der Waals surface area contributed by atoms with Crippen LogP contribution in [0.15, 0.2) is 43.0 Å². The number of carbonyl (C=O) groups is 1. The Morgan fingerprint density at radius 2 is 2.25 bits per heavy atom. The fourth-order valence-corrected chi connectivity index (χ4v) is 3.36. The van der Waals surface area contributed by atoms with Crippen molar-refractivity contribution in [1.82, 2.24) is 15.5 Å². The molecule has 4 rings (SSSR count). The molecule has 2 aromatic carbocycles. The zero-order valence-electron chi connectivity index (χ0n) is 15.6. The summed E-state index contributed by atoms with van der Waals surface area (Å²) in [4.78, 5) is 12.4. The average molecular weight is 375 g/mol. The molecule has 0 aliphatic carbocycles. The van der Waals surface area contributed by atoms with Gasteiger partial charge in [0.1, 0.15) is 11.5 Å². The van der Waals surface area contributed by atoms with Gasteiger partial charge in [-0.1, -0.05) is 18.2 Å². The molecule has 28 heavy (non-hydrogen) atoms. The van der Waals surface area contributed by atoms with E-state index in [0.29, 0.717) is 17.9 Å². The Morgan fingerprint density at radius 1 is 1.36 bits per heavy atom. The van der Waals surface area contributed by atoms with Gasteiger partial charge >= 0.3 is 0 Å². The quantitative estimate of drug-likeness (QED) is 0.646. The average Bonchev–Trinajstić information content (AvgIpc) is 3.35. The van der Waals surface area contributed by atoms with Gasteiger partial charge in [0.2, 0.25) is 0 Å². The molecule has 3 aromatic rings. The second kappa shape index (κ2) is 7.60. The number of nitrogens with one attached hydrogen (secondary N) is 2. The molecule has 1 amide bonds. The molecule has 0 unspecified atom stereocenters. The van der Waals surface area contributed by atoms with E-state index in [4.69, 9.17) is 9.47 Å². The first-order valence-electron chi connectivity index (χ1n) is 9.09. The van der Waals surface area contributed by atoms with Gasteiger partial charge in [0.25, 0.3) is 5.91 Å². The zero-order chi connectivity index (χ0) is 19.5. The standard InChI is InChI=1S/C22H21N3O3/c1-3-11-23-22(26)16-6-8-18-20(21(16)27-2)17(24-25-18)7-4-14-5-9-19-15(13-14)10-12-28-19/h3-9,13H,1,10-12H2,2H3,(H,23,26)(H,24,25)/b7-4+. The first-order chi connectivity index (χ1) is 13.7. The van der Waals surface area contributed by atoms with Crippen LogP contribution in [0.1, 0.15) is 27.2 Å². The van der Waals surface area contributed by atoms with Crippen LogP contribution in [0.25, 0.3) is 23.1 Å². The van der Waals surface area contributed by atoms with E-state index in [1.54, 1.807) is 25.3 Å². The largest absolute Gasteiger partial charge is 0.495 e. The van der Waals surface area contributed by atoms with Gasteiger partial charge in [0.15, 0.2) is 0 Å². The summed E-state index contributed by atoms with van der Waals surface area (Å²) in [6.45, 7) is 4.75. The van der Waals surface area contributed by atoms with Gasteiger partial charge in [-0.2, -0.15) is 5.10 Å². The lowest BCUT2D eigenvalue weighted by molar-refractivity contribution is 0.0955. The van der Waals surface area contributed by atoms with Crippen LogP contribution in [0.5, 0.6) is 11.5 Å². The van der Waals surface area contributed by atoms with E-state index in [9.17, 15) is 4.79 Å². The van der Waals surface area contributed by atoms with E-state index >= 15 is 0 Å². The number of amides is 1. The molecule has 2 N–H and O–H groups in total. The third kappa shape index (κ3) is 3.24. The highest BCUT2D eigenvalue weighted by Gasteiger charge is 2.18. The zero-order valence-corrected chi connectivity index (χ0v) is 15.6. The fourth-order valence-electron chi connectivity index (χ4n) is 3.36. The second-order valence-electron chi connectivity index (χ2n) is 6.48. The summed E-state index contributed by atoms with van der Waals surface area (Å²) in [6.07, 6.45) is 6.52. The lowest BCUT2D eigenvalue weighted by atomic mass is 10.1. The van der Waals surface area contributed by atoms with Crippen LogP contribution >= 0.6 is 0 Å². The summed E-state index contributed by atoms with van der Waals surface area (Å²) in [5.41, 5.74) is 4.27. The van der Waals surface area contributed by atoms with Crippen LogP contribution in [-0.2, 0) is 6.42 Å². The van der Waals surface area contributed by atoms with Gasteiger partial charge in [0, 0.05) is 13.0 Å². The monoisotopic (exact) mass is 375 g/mol. The molecular weight excluding hydrogens is 354 g/mol. The molecule has 0 spiro atoms. The third-order valence-corrected chi connectivity index (χ3v) is 4.71. The molecule has 0 radical (unpaired) electrons. The first kappa shape index (κ1) is 17.9. The first-order valence-corrected chi connectivity index (χ1v) is 9.09. The van der Waals surface area contributed by atoms with Gasteiger partial charge in [-0.3, -0.25) is 9.89 Å². The minimum Gasteiger partial charge on any atom is -0.495 e. The summed E-state index contributed by atoms with van der Waals surface area (Å²) in [5, 5.41) is 10.9. The molecule has 6 heteroatoms. The van der Waals surface area contributed by atoms with Crippen LogP contribution in [0.3, 0.4) is 0 Å².